The molecule has 0 fully saturated rings. The molecule has 0 bridgehead atoms. The lowest BCUT2D eigenvalue weighted by Gasteiger charge is -2.06. The molecule has 0 saturated carbocycles. The lowest BCUT2D eigenvalue weighted by molar-refractivity contribution is -0.145. The normalized spacial score (nSPS) is 10.3. The van der Waals surface area contributed by atoms with Crippen molar-refractivity contribution in [3.8, 4) is 0 Å². The van der Waals surface area contributed by atoms with E-state index in [0.29, 0.717) is 52.5 Å². The van der Waals surface area contributed by atoms with Crippen LogP contribution in [0.3, 0.4) is 0 Å². The molecule has 118 valence electrons. The Hall–Kier alpha value is -1.14. The Kier molecular flexibility index (Phi) is 13.5. The Morgan fingerprint density at radius 3 is 1.40 bits per heavy atom. The second-order valence-corrected chi connectivity index (χ2v) is 4.08. The Labute approximate surface area is 120 Å². The van der Waals surface area contributed by atoms with Gasteiger partial charge in [-0.1, -0.05) is 13.8 Å². The third-order valence-corrected chi connectivity index (χ3v) is 2.39. The van der Waals surface area contributed by atoms with Crippen LogP contribution in [0.4, 0.5) is 0 Å². The van der Waals surface area contributed by atoms with Crippen molar-refractivity contribution >= 4 is 11.9 Å². The van der Waals surface area contributed by atoms with Gasteiger partial charge in [0, 0.05) is 26.1 Å². The van der Waals surface area contributed by atoms with Crippen LogP contribution >= 0.6 is 0 Å². The van der Waals surface area contributed by atoms with E-state index in [1.165, 1.54) is 0 Å². The van der Waals surface area contributed by atoms with Gasteiger partial charge in [-0.15, -0.1) is 0 Å². The molecule has 0 saturated heterocycles. The average molecular weight is 290 g/mol. The molecule has 6 nitrogen and oxygen atoms in total. The van der Waals surface area contributed by atoms with Crippen molar-refractivity contribution in [3.05, 3.63) is 0 Å². The molecule has 0 aliphatic carbocycles. The van der Waals surface area contributed by atoms with Crippen molar-refractivity contribution in [2.75, 3.05) is 39.6 Å². The number of esters is 2. The van der Waals surface area contributed by atoms with Gasteiger partial charge in [-0.3, -0.25) is 9.59 Å². The van der Waals surface area contributed by atoms with Crippen LogP contribution in [-0.4, -0.2) is 51.6 Å². The van der Waals surface area contributed by atoms with Gasteiger partial charge in [0.05, 0.1) is 13.2 Å². The smallest absolute Gasteiger partial charge is 0.305 e. The third-order valence-electron chi connectivity index (χ3n) is 2.39. The topological polar surface area (TPSA) is 71.1 Å². The number of unbranched alkanes of at least 4 members (excludes halogenated alkanes) is 1. The van der Waals surface area contributed by atoms with Crippen LogP contribution < -0.4 is 0 Å². The van der Waals surface area contributed by atoms with Crippen LogP contribution in [0.5, 0.6) is 0 Å². The summed E-state index contributed by atoms with van der Waals surface area (Å²) in [6.45, 7) is 6.24. The first-order chi connectivity index (χ1) is 9.70. The van der Waals surface area contributed by atoms with Crippen molar-refractivity contribution < 1.29 is 28.5 Å². The van der Waals surface area contributed by atoms with E-state index < -0.39 is 0 Å². The van der Waals surface area contributed by atoms with Gasteiger partial charge in [-0.25, -0.2) is 0 Å². The van der Waals surface area contributed by atoms with E-state index in [0.717, 1.165) is 12.8 Å². The standard InChI is InChI=1S/C14H26O6/c1-3-13(15)19-11-9-17-7-5-6-8-18-10-12-20-14(16)4-2/h3-12H2,1-2H3. The van der Waals surface area contributed by atoms with Gasteiger partial charge in [0.15, 0.2) is 0 Å². The maximum absolute atomic E-state index is 10.8. The van der Waals surface area contributed by atoms with E-state index in [9.17, 15) is 9.59 Å². The van der Waals surface area contributed by atoms with Crippen LogP contribution in [0.15, 0.2) is 0 Å². The number of hydrogen-bond donors (Lipinski definition) is 0. The Morgan fingerprint density at radius 1 is 0.650 bits per heavy atom. The molecule has 6 heteroatoms. The minimum absolute atomic E-state index is 0.203. The van der Waals surface area contributed by atoms with E-state index in [1.54, 1.807) is 13.8 Å². The molecule has 0 aromatic heterocycles. The lowest BCUT2D eigenvalue weighted by Crippen LogP contribution is -2.11. The SMILES string of the molecule is CCC(=O)OCCOCCCCOCCOC(=O)CC. The molecule has 0 rings (SSSR count). The Bertz CT molecular complexity index is 228. The van der Waals surface area contributed by atoms with Gasteiger partial charge in [0.2, 0.25) is 0 Å². The zero-order valence-corrected chi connectivity index (χ0v) is 12.5. The van der Waals surface area contributed by atoms with Gasteiger partial charge in [-0.2, -0.15) is 0 Å². The fourth-order valence-electron chi connectivity index (χ4n) is 1.25. The van der Waals surface area contributed by atoms with E-state index in [1.807, 2.05) is 0 Å². The minimum atomic E-state index is -0.203. The summed E-state index contributed by atoms with van der Waals surface area (Å²) in [6, 6.07) is 0. The van der Waals surface area contributed by atoms with Crippen LogP contribution in [0.25, 0.3) is 0 Å². The zero-order valence-electron chi connectivity index (χ0n) is 12.5. The van der Waals surface area contributed by atoms with Crippen LogP contribution in [0.1, 0.15) is 39.5 Å². The molecule has 0 atom stereocenters. The second-order valence-electron chi connectivity index (χ2n) is 4.08. The van der Waals surface area contributed by atoms with Crippen molar-refractivity contribution in [2.24, 2.45) is 0 Å². The summed E-state index contributed by atoms with van der Waals surface area (Å²) in [5.41, 5.74) is 0. The summed E-state index contributed by atoms with van der Waals surface area (Å²) >= 11 is 0. The Morgan fingerprint density at radius 2 is 1.05 bits per heavy atom. The van der Waals surface area contributed by atoms with Crippen LogP contribution in [-0.2, 0) is 28.5 Å². The molecule has 0 spiro atoms. The predicted molar refractivity (Wildman–Crippen MR) is 73.4 cm³/mol. The fraction of sp³-hybridized carbons (Fsp3) is 0.857. The predicted octanol–water partition coefficient (Wildman–Crippen LogP) is 1.71. The van der Waals surface area contributed by atoms with Crippen LogP contribution in [0.2, 0.25) is 0 Å². The monoisotopic (exact) mass is 290 g/mol. The number of ether oxygens (including phenoxy) is 4. The zero-order chi connectivity index (χ0) is 15.1. The highest BCUT2D eigenvalue weighted by atomic mass is 16.6. The second kappa shape index (κ2) is 14.3. The van der Waals surface area contributed by atoms with Gasteiger partial charge < -0.3 is 18.9 Å². The molecule has 0 aliphatic heterocycles. The maximum atomic E-state index is 10.8. The van der Waals surface area contributed by atoms with E-state index in [4.69, 9.17) is 18.9 Å². The molecular formula is C14H26O6. The summed E-state index contributed by atoms with van der Waals surface area (Å²) in [5.74, 6) is -0.406. The quantitative estimate of drug-likeness (QED) is 0.380. The van der Waals surface area contributed by atoms with E-state index >= 15 is 0 Å². The number of carbonyl (C=O) groups excluding carboxylic acids is 2. The molecule has 0 unspecified atom stereocenters. The molecule has 0 aromatic carbocycles. The highest BCUT2D eigenvalue weighted by molar-refractivity contribution is 5.69. The molecule has 0 aliphatic rings. The van der Waals surface area contributed by atoms with Crippen molar-refractivity contribution in [3.63, 3.8) is 0 Å². The van der Waals surface area contributed by atoms with Crippen molar-refractivity contribution in [2.45, 2.75) is 39.5 Å². The van der Waals surface area contributed by atoms with Gasteiger partial charge in [0.1, 0.15) is 13.2 Å². The maximum Gasteiger partial charge on any atom is 0.305 e. The number of hydrogen-bond acceptors (Lipinski definition) is 6. The summed E-state index contributed by atoms with van der Waals surface area (Å²) in [7, 11) is 0. The highest BCUT2D eigenvalue weighted by Gasteiger charge is 1.98. The summed E-state index contributed by atoms with van der Waals surface area (Å²) in [6.07, 6.45) is 2.56. The first kappa shape index (κ1) is 18.9. The van der Waals surface area contributed by atoms with Gasteiger partial charge in [0.25, 0.3) is 0 Å². The van der Waals surface area contributed by atoms with Crippen molar-refractivity contribution in [1.82, 2.24) is 0 Å². The third kappa shape index (κ3) is 13.3. The minimum Gasteiger partial charge on any atom is -0.463 e. The summed E-state index contributed by atoms with van der Waals surface area (Å²) in [5, 5.41) is 0. The highest BCUT2D eigenvalue weighted by Crippen LogP contribution is 1.93. The molecule has 0 heterocycles. The molecular weight excluding hydrogens is 264 g/mol. The van der Waals surface area contributed by atoms with Crippen molar-refractivity contribution in [1.29, 1.82) is 0 Å². The molecule has 20 heavy (non-hydrogen) atoms. The number of rotatable bonds is 13. The first-order valence-corrected chi connectivity index (χ1v) is 7.17. The largest absolute Gasteiger partial charge is 0.463 e. The summed E-state index contributed by atoms with van der Waals surface area (Å²) in [4.78, 5) is 21.6. The first-order valence-electron chi connectivity index (χ1n) is 7.17. The summed E-state index contributed by atoms with van der Waals surface area (Å²) < 4.78 is 20.3. The Balaban J connectivity index is 3.06. The van der Waals surface area contributed by atoms with E-state index in [-0.39, 0.29) is 11.9 Å². The molecule has 0 radical (unpaired) electrons. The average Bonchev–Trinajstić information content (AvgIpc) is 2.47. The van der Waals surface area contributed by atoms with Gasteiger partial charge >= 0.3 is 11.9 Å². The molecule has 0 N–H and O–H groups in total. The van der Waals surface area contributed by atoms with E-state index in [2.05, 4.69) is 0 Å². The lowest BCUT2D eigenvalue weighted by atomic mass is 10.3. The van der Waals surface area contributed by atoms with Crippen LogP contribution in [0, 0.1) is 0 Å². The fourth-order valence-corrected chi connectivity index (χ4v) is 1.25. The van der Waals surface area contributed by atoms with Gasteiger partial charge in [-0.05, 0) is 12.8 Å². The number of carbonyl (C=O) groups is 2. The molecule has 0 amide bonds. The molecule has 0 aromatic rings.